The van der Waals surface area contributed by atoms with Crippen molar-refractivity contribution in [2.45, 2.75) is 45.3 Å². The van der Waals surface area contributed by atoms with E-state index in [0.717, 1.165) is 18.5 Å². The van der Waals surface area contributed by atoms with Crippen molar-refractivity contribution in [3.63, 3.8) is 0 Å². The van der Waals surface area contributed by atoms with Crippen LogP contribution in [-0.4, -0.2) is 29.8 Å². The van der Waals surface area contributed by atoms with Crippen molar-refractivity contribution in [1.82, 2.24) is 29.8 Å². The highest BCUT2D eigenvalue weighted by molar-refractivity contribution is 5.66. The van der Waals surface area contributed by atoms with Crippen molar-refractivity contribution >= 4 is 5.82 Å². The second kappa shape index (κ2) is 8.10. The average Bonchev–Trinajstić information content (AvgIpc) is 3.41. The van der Waals surface area contributed by atoms with Crippen LogP contribution in [0.15, 0.2) is 36.5 Å². The molecule has 6 rings (SSSR count). The Hall–Kier alpha value is -3.89. The van der Waals surface area contributed by atoms with Gasteiger partial charge in [-0.3, -0.25) is 0 Å². The standard InChI is InChI=1S/C24H22F3N7O/c1-12-17-7-15(25)4-5-20(17)34-16(9-19(31-34)23(26)27)8-18-22(33(32-30-18)11-13-2-3-13)14-6-21(35-12)24(28)29-10-14/h4-7,9-10,12-13,23H,2-3,8,11H2,1H3,(H2,28,29). The molecule has 4 heterocycles. The minimum atomic E-state index is -2.77. The van der Waals surface area contributed by atoms with Crippen LogP contribution < -0.4 is 10.5 Å². The number of nitrogens with zero attached hydrogens (tertiary/aromatic N) is 6. The van der Waals surface area contributed by atoms with E-state index in [4.69, 9.17) is 10.5 Å². The van der Waals surface area contributed by atoms with Crippen LogP contribution in [0, 0.1) is 11.7 Å². The van der Waals surface area contributed by atoms with Gasteiger partial charge in [0.25, 0.3) is 6.43 Å². The van der Waals surface area contributed by atoms with Gasteiger partial charge >= 0.3 is 0 Å². The Morgan fingerprint density at radius 3 is 2.80 bits per heavy atom. The fraction of sp³-hybridized carbons (Fsp3) is 0.333. The monoisotopic (exact) mass is 481 g/mol. The highest BCUT2D eigenvalue weighted by Gasteiger charge is 2.28. The van der Waals surface area contributed by atoms with Gasteiger partial charge in [0.1, 0.15) is 17.6 Å². The molecule has 4 aromatic rings. The van der Waals surface area contributed by atoms with Gasteiger partial charge in [0, 0.05) is 30.3 Å². The Bertz CT molecular complexity index is 1430. The normalized spacial score (nSPS) is 17.1. The van der Waals surface area contributed by atoms with Gasteiger partial charge in [0.2, 0.25) is 0 Å². The quantitative estimate of drug-likeness (QED) is 0.458. The molecule has 180 valence electrons. The minimum Gasteiger partial charge on any atom is -0.482 e. The first-order valence-corrected chi connectivity index (χ1v) is 11.4. The van der Waals surface area contributed by atoms with Crippen molar-refractivity contribution in [1.29, 1.82) is 0 Å². The maximum Gasteiger partial charge on any atom is 0.282 e. The van der Waals surface area contributed by atoms with Gasteiger partial charge in [0.15, 0.2) is 11.6 Å². The van der Waals surface area contributed by atoms with Crippen molar-refractivity contribution in [3.8, 4) is 22.7 Å². The third kappa shape index (κ3) is 3.90. The zero-order chi connectivity index (χ0) is 24.3. The zero-order valence-corrected chi connectivity index (χ0v) is 18.8. The first-order chi connectivity index (χ1) is 16.9. The number of aromatic nitrogens is 6. The predicted molar refractivity (Wildman–Crippen MR) is 121 cm³/mol. The van der Waals surface area contributed by atoms with Crippen LogP contribution in [0.4, 0.5) is 19.0 Å². The van der Waals surface area contributed by atoms with E-state index in [0.29, 0.717) is 46.4 Å². The molecule has 1 atom stereocenters. The molecule has 3 aromatic heterocycles. The van der Waals surface area contributed by atoms with Crippen LogP contribution in [-0.2, 0) is 13.0 Å². The molecule has 1 saturated carbocycles. The van der Waals surface area contributed by atoms with Crippen LogP contribution >= 0.6 is 0 Å². The lowest BCUT2D eigenvalue weighted by Crippen LogP contribution is -2.14. The lowest BCUT2D eigenvalue weighted by Gasteiger charge is -2.21. The molecular formula is C24H22F3N7O. The van der Waals surface area contributed by atoms with E-state index in [1.54, 1.807) is 19.2 Å². The molecule has 2 aliphatic rings. The number of anilines is 1. The van der Waals surface area contributed by atoms with Crippen molar-refractivity contribution in [2.75, 3.05) is 5.73 Å². The third-order valence-corrected chi connectivity index (χ3v) is 6.42. The molecule has 0 spiro atoms. The third-order valence-electron chi connectivity index (χ3n) is 6.42. The van der Waals surface area contributed by atoms with Crippen LogP contribution in [0.25, 0.3) is 16.9 Å². The van der Waals surface area contributed by atoms with Gasteiger partial charge < -0.3 is 10.5 Å². The number of ether oxygens (including phenoxy) is 1. The number of halogens is 3. The van der Waals surface area contributed by atoms with Crippen LogP contribution in [0.2, 0.25) is 0 Å². The van der Waals surface area contributed by atoms with E-state index in [1.807, 2.05) is 4.68 Å². The Morgan fingerprint density at radius 2 is 2.03 bits per heavy atom. The first kappa shape index (κ1) is 21.6. The number of pyridine rings is 1. The molecule has 8 nitrogen and oxygen atoms in total. The Morgan fingerprint density at radius 1 is 1.20 bits per heavy atom. The summed E-state index contributed by atoms with van der Waals surface area (Å²) in [5.74, 6) is 0.541. The summed E-state index contributed by atoms with van der Waals surface area (Å²) in [4.78, 5) is 4.32. The highest BCUT2D eigenvalue weighted by atomic mass is 19.3. The molecule has 1 aromatic carbocycles. The average molecular weight is 481 g/mol. The summed E-state index contributed by atoms with van der Waals surface area (Å²) in [6.45, 7) is 2.43. The number of benzene rings is 1. The van der Waals surface area contributed by atoms with Crippen molar-refractivity contribution in [2.24, 2.45) is 5.92 Å². The molecule has 1 unspecified atom stereocenters. The summed E-state index contributed by atoms with van der Waals surface area (Å²) < 4.78 is 51.1. The lowest BCUT2D eigenvalue weighted by atomic mass is 10.0. The Kier molecular flexibility index (Phi) is 5.01. The van der Waals surface area contributed by atoms with E-state index in [-0.39, 0.29) is 17.9 Å². The maximum atomic E-state index is 14.3. The van der Waals surface area contributed by atoms with Gasteiger partial charge in [-0.05, 0) is 56.0 Å². The van der Waals surface area contributed by atoms with Gasteiger partial charge in [-0.2, -0.15) is 5.10 Å². The van der Waals surface area contributed by atoms with Gasteiger partial charge in [-0.15, -0.1) is 5.10 Å². The summed E-state index contributed by atoms with van der Waals surface area (Å²) in [6.07, 6.45) is 0.606. The molecule has 11 heteroatoms. The molecule has 2 bridgehead atoms. The number of hydrogen-bond donors (Lipinski definition) is 1. The molecule has 35 heavy (non-hydrogen) atoms. The van der Waals surface area contributed by atoms with E-state index in [1.165, 1.54) is 28.9 Å². The highest BCUT2D eigenvalue weighted by Crippen LogP contribution is 2.37. The van der Waals surface area contributed by atoms with E-state index >= 15 is 0 Å². The number of fused-ring (bicyclic) bond motifs is 7. The molecule has 2 N–H and O–H groups in total. The van der Waals surface area contributed by atoms with Gasteiger partial charge in [-0.1, -0.05) is 5.21 Å². The van der Waals surface area contributed by atoms with Crippen molar-refractivity contribution < 1.29 is 17.9 Å². The summed E-state index contributed by atoms with van der Waals surface area (Å²) in [7, 11) is 0. The Labute approximate surface area is 198 Å². The summed E-state index contributed by atoms with van der Waals surface area (Å²) in [5.41, 5.74) is 9.08. The predicted octanol–water partition coefficient (Wildman–Crippen LogP) is 4.64. The molecule has 0 saturated heterocycles. The van der Waals surface area contributed by atoms with Crippen LogP contribution in [0.3, 0.4) is 0 Å². The largest absolute Gasteiger partial charge is 0.482 e. The van der Waals surface area contributed by atoms with Gasteiger partial charge in [0.05, 0.1) is 22.8 Å². The first-order valence-electron chi connectivity index (χ1n) is 11.4. The second-order valence-electron chi connectivity index (χ2n) is 9.03. The fourth-order valence-electron chi connectivity index (χ4n) is 4.49. The minimum absolute atomic E-state index is 0.179. The topological polar surface area (TPSA) is 96.7 Å². The van der Waals surface area contributed by atoms with E-state index in [9.17, 15) is 13.2 Å². The van der Waals surface area contributed by atoms with Crippen LogP contribution in [0.1, 0.15) is 54.9 Å². The summed E-state index contributed by atoms with van der Waals surface area (Å²) in [5, 5.41) is 12.9. The maximum absolute atomic E-state index is 14.3. The molecular weight excluding hydrogens is 459 g/mol. The molecule has 0 amide bonds. The number of rotatable bonds is 3. The zero-order valence-electron chi connectivity index (χ0n) is 18.8. The van der Waals surface area contributed by atoms with Gasteiger partial charge in [-0.25, -0.2) is 27.5 Å². The number of nitrogen functional groups attached to an aromatic ring is 1. The molecule has 0 radical (unpaired) electrons. The molecule has 1 aliphatic heterocycles. The number of nitrogens with two attached hydrogens (primary N) is 1. The van der Waals surface area contributed by atoms with E-state index < -0.39 is 18.3 Å². The lowest BCUT2D eigenvalue weighted by molar-refractivity contribution is 0.145. The van der Waals surface area contributed by atoms with E-state index in [2.05, 4.69) is 20.4 Å². The fourth-order valence-corrected chi connectivity index (χ4v) is 4.49. The second-order valence-corrected chi connectivity index (χ2v) is 9.03. The smallest absolute Gasteiger partial charge is 0.282 e. The van der Waals surface area contributed by atoms with Crippen LogP contribution in [0.5, 0.6) is 5.75 Å². The number of alkyl halides is 2. The Balaban J connectivity index is 1.60. The molecule has 1 aliphatic carbocycles. The SMILES string of the molecule is CC1Oc2cc(cnc2N)-c2c(nnn2CC2CC2)Cc2cc(C(F)F)nn2-c2ccc(F)cc21. The van der Waals surface area contributed by atoms with Crippen molar-refractivity contribution in [3.05, 3.63) is 65.0 Å². The molecule has 1 fully saturated rings. The summed E-state index contributed by atoms with van der Waals surface area (Å²) in [6, 6.07) is 7.20. The number of hydrogen-bond acceptors (Lipinski definition) is 6. The summed E-state index contributed by atoms with van der Waals surface area (Å²) >= 11 is 0.